The number of rotatable bonds is 6. The summed E-state index contributed by atoms with van der Waals surface area (Å²) in [6, 6.07) is 0. The molecule has 0 aliphatic rings. The molecule has 0 aliphatic carbocycles. The van der Waals surface area contributed by atoms with Crippen molar-refractivity contribution in [1.82, 2.24) is 0 Å². The van der Waals surface area contributed by atoms with E-state index in [0.717, 1.165) is 19.4 Å². The number of hydrogen-bond donors (Lipinski definition) is 2. The first-order chi connectivity index (χ1) is 6.65. The van der Waals surface area contributed by atoms with Crippen LogP contribution in [-0.4, -0.2) is 19.0 Å². The minimum Gasteiger partial charge on any atom is -0.387 e. The molecule has 3 nitrogen and oxygen atoms in total. The van der Waals surface area contributed by atoms with Gasteiger partial charge in [-0.2, -0.15) is 0 Å². The summed E-state index contributed by atoms with van der Waals surface area (Å²) in [5.74, 6) is 0.238. The summed E-state index contributed by atoms with van der Waals surface area (Å²) in [6.07, 6.45) is 1.87. The number of amidine groups is 1. The normalized spacial score (nSPS) is 12.9. The largest absolute Gasteiger partial charge is 0.387 e. The van der Waals surface area contributed by atoms with Crippen LogP contribution in [0.1, 0.15) is 47.5 Å². The quantitative estimate of drug-likeness (QED) is 0.406. The lowest BCUT2D eigenvalue weighted by Crippen LogP contribution is -2.32. The summed E-state index contributed by atoms with van der Waals surface area (Å²) in [4.78, 5) is 0. The Balaban J connectivity index is 3.60. The molecule has 0 unspecified atom stereocenters. The lowest BCUT2D eigenvalue weighted by Gasteiger charge is -2.23. The van der Waals surface area contributed by atoms with Crippen molar-refractivity contribution in [1.29, 1.82) is 5.41 Å². The minimum atomic E-state index is -0.234. The highest BCUT2D eigenvalue weighted by molar-refractivity contribution is 5.82. The van der Waals surface area contributed by atoms with Crippen LogP contribution in [0.2, 0.25) is 0 Å². The van der Waals surface area contributed by atoms with Crippen molar-refractivity contribution in [3.63, 3.8) is 0 Å². The molecular weight excluding hydrogens is 188 g/mol. The predicted molar refractivity (Wildman–Crippen MR) is 65.2 cm³/mol. The molecule has 0 aromatic heterocycles. The molecule has 0 aromatic rings. The molecule has 0 atom stereocenters. The van der Waals surface area contributed by atoms with Crippen LogP contribution in [-0.2, 0) is 4.74 Å². The lowest BCUT2D eigenvalue weighted by atomic mass is 9.88. The van der Waals surface area contributed by atoms with Gasteiger partial charge < -0.3 is 10.5 Å². The second-order valence-corrected chi connectivity index (χ2v) is 5.97. The fourth-order valence-corrected chi connectivity index (χ4v) is 0.942. The molecule has 0 bridgehead atoms. The van der Waals surface area contributed by atoms with Crippen molar-refractivity contribution in [3.8, 4) is 0 Å². The van der Waals surface area contributed by atoms with Crippen LogP contribution >= 0.6 is 0 Å². The van der Waals surface area contributed by atoms with Crippen LogP contribution in [0.5, 0.6) is 0 Å². The summed E-state index contributed by atoms with van der Waals surface area (Å²) in [5, 5.41) is 7.40. The van der Waals surface area contributed by atoms with Crippen LogP contribution < -0.4 is 5.73 Å². The van der Waals surface area contributed by atoms with E-state index in [1.165, 1.54) is 0 Å². The zero-order chi connectivity index (χ0) is 12.1. The third kappa shape index (κ3) is 7.37. The van der Waals surface area contributed by atoms with Gasteiger partial charge in [0.05, 0.1) is 5.84 Å². The van der Waals surface area contributed by atoms with Gasteiger partial charge in [0.25, 0.3) is 0 Å². The van der Waals surface area contributed by atoms with E-state index in [2.05, 4.69) is 20.8 Å². The lowest BCUT2D eigenvalue weighted by molar-refractivity contribution is 0.0943. The van der Waals surface area contributed by atoms with Crippen LogP contribution in [0.3, 0.4) is 0 Å². The first kappa shape index (κ1) is 14.4. The van der Waals surface area contributed by atoms with Gasteiger partial charge in [-0.15, -0.1) is 0 Å². The van der Waals surface area contributed by atoms with Gasteiger partial charge in [-0.1, -0.05) is 34.6 Å². The van der Waals surface area contributed by atoms with Crippen molar-refractivity contribution in [2.75, 3.05) is 13.2 Å². The van der Waals surface area contributed by atoms with Gasteiger partial charge in [0.2, 0.25) is 0 Å². The van der Waals surface area contributed by atoms with Crippen molar-refractivity contribution >= 4 is 5.84 Å². The van der Waals surface area contributed by atoms with Crippen LogP contribution in [0.15, 0.2) is 0 Å². The van der Waals surface area contributed by atoms with Crippen LogP contribution in [0.4, 0.5) is 0 Å². The average Bonchev–Trinajstić information content (AvgIpc) is 2.00. The Morgan fingerprint density at radius 3 is 1.93 bits per heavy atom. The number of nitrogens with two attached hydrogens (primary N) is 1. The Labute approximate surface area is 93.9 Å². The zero-order valence-electron chi connectivity index (χ0n) is 10.8. The maximum absolute atomic E-state index is 7.40. The molecule has 0 saturated heterocycles. The average molecular weight is 214 g/mol. The summed E-state index contributed by atoms with van der Waals surface area (Å²) in [5.41, 5.74) is 5.58. The van der Waals surface area contributed by atoms with Crippen molar-refractivity contribution in [2.45, 2.75) is 47.5 Å². The van der Waals surface area contributed by atoms with E-state index in [1.54, 1.807) is 0 Å². The van der Waals surface area contributed by atoms with E-state index in [1.807, 2.05) is 13.8 Å². The highest BCUT2D eigenvalue weighted by Gasteiger charge is 2.21. The molecule has 0 amide bonds. The summed E-state index contributed by atoms with van der Waals surface area (Å²) in [7, 11) is 0. The molecule has 0 aliphatic heterocycles. The van der Waals surface area contributed by atoms with Gasteiger partial charge >= 0.3 is 0 Å². The monoisotopic (exact) mass is 214 g/mol. The first-order valence-electron chi connectivity index (χ1n) is 5.57. The molecule has 3 N–H and O–H groups in total. The standard InChI is InChI=1S/C12H26N2O/c1-11(2,3)6-8-15-9-7-12(4,5)10(13)14/h6-9H2,1-5H3,(H3,13,14). The molecule has 0 spiro atoms. The Morgan fingerprint density at radius 1 is 1.07 bits per heavy atom. The highest BCUT2D eigenvalue weighted by Crippen LogP contribution is 2.21. The molecular formula is C12H26N2O. The highest BCUT2D eigenvalue weighted by atomic mass is 16.5. The van der Waals surface area contributed by atoms with Crippen molar-refractivity contribution < 1.29 is 4.74 Å². The molecule has 0 radical (unpaired) electrons. The van der Waals surface area contributed by atoms with Gasteiger partial charge in [0, 0.05) is 18.6 Å². The van der Waals surface area contributed by atoms with E-state index in [-0.39, 0.29) is 11.3 Å². The SMILES string of the molecule is CC(C)(C)CCOCCC(C)(C)C(=N)N. The summed E-state index contributed by atoms with van der Waals surface area (Å²) in [6.45, 7) is 12.0. The van der Waals surface area contributed by atoms with E-state index >= 15 is 0 Å². The predicted octanol–water partition coefficient (Wildman–Crippen LogP) is 2.79. The number of ether oxygens (including phenoxy) is 1. The smallest absolute Gasteiger partial charge is 0.0963 e. The Bertz CT molecular complexity index is 204. The summed E-state index contributed by atoms with van der Waals surface area (Å²) < 4.78 is 5.54. The summed E-state index contributed by atoms with van der Waals surface area (Å²) >= 11 is 0. The van der Waals surface area contributed by atoms with E-state index in [0.29, 0.717) is 12.0 Å². The molecule has 0 heterocycles. The van der Waals surface area contributed by atoms with Crippen LogP contribution in [0.25, 0.3) is 0 Å². The Morgan fingerprint density at radius 2 is 1.53 bits per heavy atom. The fourth-order valence-electron chi connectivity index (χ4n) is 0.942. The minimum absolute atomic E-state index is 0.234. The van der Waals surface area contributed by atoms with Gasteiger partial charge in [0.15, 0.2) is 0 Å². The van der Waals surface area contributed by atoms with Gasteiger partial charge in [-0.25, -0.2) is 0 Å². The topological polar surface area (TPSA) is 59.1 Å². The number of nitrogens with one attached hydrogen (secondary N) is 1. The van der Waals surface area contributed by atoms with Crippen molar-refractivity contribution in [2.24, 2.45) is 16.6 Å². The Hall–Kier alpha value is -0.570. The maximum Gasteiger partial charge on any atom is 0.0963 e. The third-order valence-corrected chi connectivity index (χ3v) is 2.60. The second kappa shape index (κ2) is 5.50. The van der Waals surface area contributed by atoms with Gasteiger partial charge in [-0.3, -0.25) is 5.41 Å². The third-order valence-electron chi connectivity index (χ3n) is 2.60. The zero-order valence-corrected chi connectivity index (χ0v) is 10.8. The van der Waals surface area contributed by atoms with E-state index in [9.17, 15) is 0 Å². The van der Waals surface area contributed by atoms with E-state index < -0.39 is 0 Å². The molecule has 90 valence electrons. The molecule has 0 fully saturated rings. The molecule has 0 saturated carbocycles. The molecule has 0 aromatic carbocycles. The van der Waals surface area contributed by atoms with Gasteiger partial charge in [0.1, 0.15) is 0 Å². The molecule has 0 rings (SSSR count). The Kier molecular flexibility index (Phi) is 5.29. The second-order valence-electron chi connectivity index (χ2n) is 5.97. The molecule has 15 heavy (non-hydrogen) atoms. The number of hydrogen-bond acceptors (Lipinski definition) is 2. The van der Waals surface area contributed by atoms with Crippen molar-refractivity contribution in [3.05, 3.63) is 0 Å². The fraction of sp³-hybridized carbons (Fsp3) is 0.917. The van der Waals surface area contributed by atoms with Gasteiger partial charge in [-0.05, 0) is 18.3 Å². The van der Waals surface area contributed by atoms with E-state index in [4.69, 9.17) is 15.9 Å². The van der Waals surface area contributed by atoms with Crippen LogP contribution in [0, 0.1) is 16.2 Å². The maximum atomic E-state index is 7.40. The first-order valence-corrected chi connectivity index (χ1v) is 5.57. The molecule has 3 heteroatoms.